The lowest BCUT2D eigenvalue weighted by atomic mass is 10.1. The van der Waals surface area contributed by atoms with Crippen molar-refractivity contribution in [3.05, 3.63) is 101 Å². The normalized spacial score (nSPS) is 16.0. The van der Waals surface area contributed by atoms with Crippen molar-refractivity contribution in [2.75, 3.05) is 31.1 Å². The van der Waals surface area contributed by atoms with E-state index in [1.165, 1.54) is 23.1 Å². The number of amides is 2. The molecule has 2 amide bonds. The van der Waals surface area contributed by atoms with E-state index in [9.17, 15) is 22.8 Å². The summed E-state index contributed by atoms with van der Waals surface area (Å²) in [7, 11) is 0. The van der Waals surface area contributed by atoms with E-state index in [-0.39, 0.29) is 11.5 Å². The maximum absolute atomic E-state index is 13.3. The van der Waals surface area contributed by atoms with Crippen molar-refractivity contribution in [2.24, 2.45) is 0 Å². The van der Waals surface area contributed by atoms with Gasteiger partial charge in [-0.15, -0.1) is 0 Å². The first kappa shape index (κ1) is 23.0. The van der Waals surface area contributed by atoms with Crippen LogP contribution < -0.4 is 4.90 Å². The lowest BCUT2D eigenvalue weighted by Gasteiger charge is -2.36. The number of piperazine rings is 1. The van der Waals surface area contributed by atoms with Gasteiger partial charge >= 0.3 is 6.18 Å². The number of benzene rings is 3. The number of hydrogen-bond donors (Lipinski definition) is 0. The molecule has 3 aromatic rings. The zero-order valence-corrected chi connectivity index (χ0v) is 19.0. The molecule has 3 aromatic carbocycles. The van der Waals surface area contributed by atoms with Crippen LogP contribution in [0.4, 0.5) is 18.9 Å². The van der Waals surface area contributed by atoms with Gasteiger partial charge in [-0.3, -0.25) is 9.59 Å². The summed E-state index contributed by atoms with van der Waals surface area (Å²) in [4.78, 5) is 31.1. The Labute approximate surface area is 201 Å². The molecule has 35 heavy (non-hydrogen) atoms. The van der Waals surface area contributed by atoms with Crippen molar-refractivity contribution in [3.8, 4) is 0 Å². The Morgan fingerprint density at radius 3 is 2.26 bits per heavy atom. The summed E-state index contributed by atoms with van der Waals surface area (Å²) >= 11 is 0. The maximum atomic E-state index is 13.3. The van der Waals surface area contributed by atoms with Crippen molar-refractivity contribution < 1.29 is 22.8 Å². The molecule has 2 aliphatic heterocycles. The lowest BCUT2D eigenvalue weighted by molar-refractivity contribution is -0.138. The van der Waals surface area contributed by atoms with Crippen LogP contribution in [-0.2, 0) is 19.3 Å². The van der Waals surface area contributed by atoms with Gasteiger partial charge in [0, 0.05) is 50.5 Å². The predicted molar refractivity (Wildman–Crippen MR) is 126 cm³/mol. The standard InChI is InChI=1S/C27H24F3N3O2/c28-27(29,30)24-9-5-4-8-23(24)26(35)32-14-12-31(13-15-32)21-10-11-22-20(16-21)18-33(25(22)34)17-19-6-2-1-3-7-19/h1-11,16H,12-15,17-18H2. The predicted octanol–water partition coefficient (Wildman–Crippen LogP) is 4.82. The molecule has 0 saturated carbocycles. The van der Waals surface area contributed by atoms with E-state index in [4.69, 9.17) is 0 Å². The zero-order valence-electron chi connectivity index (χ0n) is 19.0. The van der Waals surface area contributed by atoms with Crippen LogP contribution in [-0.4, -0.2) is 47.8 Å². The number of hydrogen-bond acceptors (Lipinski definition) is 3. The number of anilines is 1. The molecule has 0 spiro atoms. The fraction of sp³-hybridized carbons (Fsp3) is 0.259. The minimum absolute atomic E-state index is 0.00847. The number of halogens is 3. The van der Waals surface area contributed by atoms with Gasteiger partial charge in [-0.1, -0.05) is 42.5 Å². The van der Waals surface area contributed by atoms with Crippen molar-refractivity contribution in [2.45, 2.75) is 19.3 Å². The molecule has 0 N–H and O–H groups in total. The quantitative estimate of drug-likeness (QED) is 0.539. The molecule has 180 valence electrons. The first-order chi connectivity index (χ1) is 16.8. The molecule has 1 fully saturated rings. The average molecular weight is 480 g/mol. The number of rotatable bonds is 4. The van der Waals surface area contributed by atoms with Gasteiger partial charge in [0.05, 0.1) is 11.1 Å². The largest absolute Gasteiger partial charge is 0.417 e. The van der Waals surface area contributed by atoms with Gasteiger partial charge in [0.1, 0.15) is 0 Å². The first-order valence-electron chi connectivity index (χ1n) is 11.5. The van der Waals surface area contributed by atoms with Gasteiger partial charge in [-0.25, -0.2) is 0 Å². The van der Waals surface area contributed by atoms with E-state index in [0.29, 0.717) is 44.8 Å². The Morgan fingerprint density at radius 2 is 1.54 bits per heavy atom. The van der Waals surface area contributed by atoms with E-state index in [2.05, 4.69) is 4.90 Å². The van der Waals surface area contributed by atoms with E-state index >= 15 is 0 Å². The van der Waals surface area contributed by atoms with Crippen LogP contribution >= 0.6 is 0 Å². The van der Waals surface area contributed by atoms with E-state index in [1.54, 1.807) is 0 Å². The molecule has 2 heterocycles. The number of carbonyl (C=O) groups is 2. The third kappa shape index (κ3) is 4.60. The van der Waals surface area contributed by atoms with Crippen molar-refractivity contribution in [1.82, 2.24) is 9.80 Å². The Bertz CT molecular complexity index is 1250. The average Bonchev–Trinajstić information content (AvgIpc) is 3.18. The SMILES string of the molecule is O=C1c2ccc(N3CCN(C(=O)c4ccccc4C(F)(F)F)CC3)cc2CN1Cc1ccccc1. The molecule has 0 bridgehead atoms. The van der Waals surface area contributed by atoms with Gasteiger partial charge in [-0.2, -0.15) is 13.2 Å². The highest BCUT2D eigenvalue weighted by Crippen LogP contribution is 2.33. The van der Waals surface area contributed by atoms with Crippen LogP contribution in [0, 0.1) is 0 Å². The Morgan fingerprint density at radius 1 is 0.857 bits per heavy atom. The van der Waals surface area contributed by atoms with Gasteiger partial charge in [0.2, 0.25) is 0 Å². The summed E-state index contributed by atoms with van der Waals surface area (Å²) in [5.41, 5.74) is 2.45. The second-order valence-electron chi connectivity index (χ2n) is 8.81. The third-order valence-corrected chi connectivity index (χ3v) is 6.58. The van der Waals surface area contributed by atoms with Gasteiger partial charge < -0.3 is 14.7 Å². The van der Waals surface area contributed by atoms with Crippen LogP contribution in [0.25, 0.3) is 0 Å². The second-order valence-corrected chi connectivity index (χ2v) is 8.81. The fourth-order valence-electron chi connectivity index (χ4n) is 4.75. The van der Waals surface area contributed by atoms with Crippen LogP contribution in [0.3, 0.4) is 0 Å². The van der Waals surface area contributed by atoms with Gasteiger partial charge in [-0.05, 0) is 41.5 Å². The Kier molecular flexibility index (Phi) is 5.96. The molecule has 1 saturated heterocycles. The molecule has 5 nitrogen and oxygen atoms in total. The topological polar surface area (TPSA) is 43.9 Å². The van der Waals surface area contributed by atoms with Crippen LogP contribution in [0.1, 0.15) is 37.4 Å². The molecule has 0 radical (unpaired) electrons. The summed E-state index contributed by atoms with van der Waals surface area (Å²) in [6.45, 7) is 2.72. The van der Waals surface area contributed by atoms with Crippen molar-refractivity contribution in [1.29, 1.82) is 0 Å². The third-order valence-electron chi connectivity index (χ3n) is 6.58. The molecule has 0 atom stereocenters. The summed E-state index contributed by atoms with van der Waals surface area (Å²) in [5, 5.41) is 0. The van der Waals surface area contributed by atoms with Crippen molar-refractivity contribution in [3.63, 3.8) is 0 Å². The molecular weight excluding hydrogens is 455 g/mol. The Balaban J connectivity index is 1.25. The van der Waals surface area contributed by atoms with Gasteiger partial charge in [0.15, 0.2) is 0 Å². The van der Waals surface area contributed by atoms with E-state index < -0.39 is 17.6 Å². The summed E-state index contributed by atoms with van der Waals surface area (Å²) in [5.74, 6) is -0.595. The van der Waals surface area contributed by atoms with E-state index in [1.807, 2.05) is 53.4 Å². The highest BCUT2D eigenvalue weighted by atomic mass is 19.4. The van der Waals surface area contributed by atoms with E-state index in [0.717, 1.165) is 22.9 Å². The fourth-order valence-corrected chi connectivity index (χ4v) is 4.75. The van der Waals surface area contributed by atoms with Crippen molar-refractivity contribution >= 4 is 17.5 Å². The molecule has 2 aliphatic rings. The monoisotopic (exact) mass is 479 g/mol. The highest BCUT2D eigenvalue weighted by Gasteiger charge is 2.36. The molecule has 0 aromatic heterocycles. The first-order valence-corrected chi connectivity index (χ1v) is 11.5. The number of nitrogens with zero attached hydrogens (tertiary/aromatic N) is 3. The zero-order chi connectivity index (χ0) is 24.6. The second kappa shape index (κ2) is 9.09. The van der Waals surface area contributed by atoms with Gasteiger partial charge in [0.25, 0.3) is 11.8 Å². The molecule has 8 heteroatoms. The number of fused-ring (bicyclic) bond motifs is 1. The minimum Gasteiger partial charge on any atom is -0.368 e. The minimum atomic E-state index is -4.58. The maximum Gasteiger partial charge on any atom is 0.417 e. The number of carbonyl (C=O) groups excluding carboxylic acids is 2. The molecule has 5 rings (SSSR count). The smallest absolute Gasteiger partial charge is 0.368 e. The molecule has 0 unspecified atom stereocenters. The summed E-state index contributed by atoms with van der Waals surface area (Å²) in [6.07, 6.45) is -4.58. The summed E-state index contributed by atoms with van der Waals surface area (Å²) in [6, 6.07) is 20.5. The van der Waals surface area contributed by atoms with Crippen LogP contribution in [0.2, 0.25) is 0 Å². The van der Waals surface area contributed by atoms with Crippen LogP contribution in [0.5, 0.6) is 0 Å². The summed E-state index contributed by atoms with van der Waals surface area (Å²) < 4.78 is 40.0. The Hall–Kier alpha value is -3.81. The lowest BCUT2D eigenvalue weighted by Crippen LogP contribution is -2.49. The number of alkyl halides is 3. The highest BCUT2D eigenvalue weighted by molar-refractivity contribution is 5.99. The molecule has 0 aliphatic carbocycles. The molecular formula is C27H24F3N3O2. The van der Waals surface area contributed by atoms with Crippen LogP contribution in [0.15, 0.2) is 72.8 Å².